The van der Waals surface area contributed by atoms with Gasteiger partial charge in [0.05, 0.1) is 7.11 Å². The Labute approximate surface area is 232 Å². The quantitative estimate of drug-likeness (QED) is 0.540. The van der Waals surface area contributed by atoms with Gasteiger partial charge in [0.1, 0.15) is 5.75 Å². The highest BCUT2D eigenvalue weighted by Gasteiger charge is 2.34. The van der Waals surface area contributed by atoms with Gasteiger partial charge >= 0.3 is 0 Å². The molecule has 0 aromatic heterocycles. The number of benzene rings is 2. The number of likely N-dealkylation sites (tertiary alicyclic amines) is 1. The van der Waals surface area contributed by atoms with Crippen molar-refractivity contribution in [3.63, 3.8) is 0 Å². The highest BCUT2D eigenvalue weighted by molar-refractivity contribution is 5.94. The first kappa shape index (κ1) is 28.7. The highest BCUT2D eigenvalue weighted by Crippen LogP contribution is 2.28. The minimum absolute atomic E-state index is 0.0190. The second kappa shape index (κ2) is 12.7. The fourth-order valence-electron chi connectivity index (χ4n) is 5.72. The topological polar surface area (TPSA) is 79.0 Å². The van der Waals surface area contributed by atoms with Crippen LogP contribution in [0.25, 0.3) is 0 Å². The molecule has 2 aliphatic rings. The molecule has 0 bridgehead atoms. The summed E-state index contributed by atoms with van der Waals surface area (Å²) in [6, 6.07) is 17.6. The van der Waals surface area contributed by atoms with Crippen LogP contribution >= 0.6 is 0 Å². The Morgan fingerprint density at radius 3 is 2.08 bits per heavy atom. The van der Waals surface area contributed by atoms with Crippen LogP contribution in [0.5, 0.6) is 5.75 Å². The number of hydrogen-bond acceptors (Lipinski definition) is 4. The van der Waals surface area contributed by atoms with Crippen molar-refractivity contribution in [2.45, 2.75) is 77.9 Å². The molecule has 39 heavy (non-hydrogen) atoms. The number of methoxy groups -OCH3 is 1. The normalized spacial score (nSPS) is 20.3. The number of carbonyl (C=O) groups excluding carboxylic acids is 3. The van der Waals surface area contributed by atoms with Crippen molar-refractivity contribution in [3.05, 3.63) is 65.7 Å². The van der Waals surface area contributed by atoms with Gasteiger partial charge in [-0.25, -0.2) is 0 Å². The Bertz CT molecular complexity index is 1110. The highest BCUT2D eigenvalue weighted by atomic mass is 16.5. The predicted octanol–water partition coefficient (Wildman–Crippen LogP) is 5.05. The summed E-state index contributed by atoms with van der Waals surface area (Å²) >= 11 is 0. The van der Waals surface area contributed by atoms with Crippen LogP contribution in [-0.4, -0.2) is 59.8 Å². The monoisotopic (exact) mass is 533 g/mol. The summed E-state index contributed by atoms with van der Waals surface area (Å²) < 4.78 is 5.26. The molecule has 1 heterocycles. The molecule has 0 unspecified atom stereocenters. The second-order valence-electron chi connectivity index (χ2n) is 12.0. The zero-order valence-electron chi connectivity index (χ0n) is 23.8. The number of amides is 3. The number of carbonyl (C=O) groups is 3. The van der Waals surface area contributed by atoms with Crippen LogP contribution in [0.1, 0.15) is 75.2 Å². The summed E-state index contributed by atoms with van der Waals surface area (Å²) in [5.74, 6) is 0.966. The van der Waals surface area contributed by atoms with Crippen LogP contribution in [0, 0.1) is 11.3 Å². The smallest absolute Gasteiger partial charge is 0.254 e. The van der Waals surface area contributed by atoms with E-state index in [-0.39, 0.29) is 35.7 Å². The summed E-state index contributed by atoms with van der Waals surface area (Å²) in [5.41, 5.74) is 1.36. The molecular formula is C32H43N3O4. The zero-order chi connectivity index (χ0) is 28.0. The maximum atomic E-state index is 13.6. The molecule has 0 radical (unpaired) electrons. The Hall–Kier alpha value is -3.35. The predicted molar refractivity (Wildman–Crippen MR) is 152 cm³/mol. The van der Waals surface area contributed by atoms with Gasteiger partial charge < -0.3 is 19.9 Å². The van der Waals surface area contributed by atoms with Gasteiger partial charge in [-0.05, 0) is 68.4 Å². The number of rotatable bonds is 7. The Kier molecular flexibility index (Phi) is 9.31. The third-order valence-corrected chi connectivity index (χ3v) is 8.07. The van der Waals surface area contributed by atoms with Crippen LogP contribution in [0.3, 0.4) is 0 Å². The zero-order valence-corrected chi connectivity index (χ0v) is 23.8. The van der Waals surface area contributed by atoms with Crippen molar-refractivity contribution in [3.8, 4) is 5.75 Å². The molecule has 4 rings (SSSR count). The number of piperidine rings is 1. The van der Waals surface area contributed by atoms with E-state index in [1.807, 2.05) is 73.0 Å². The van der Waals surface area contributed by atoms with Crippen LogP contribution in [0.2, 0.25) is 0 Å². The van der Waals surface area contributed by atoms with Gasteiger partial charge in [-0.15, -0.1) is 0 Å². The van der Waals surface area contributed by atoms with Crippen LogP contribution in [0.4, 0.5) is 0 Å². The van der Waals surface area contributed by atoms with E-state index in [1.165, 1.54) is 0 Å². The standard InChI is InChI=1S/C32H43N3O4/c1-32(2,3)31(38)34-20-18-24(19-21-34)29(36)33-26-12-14-27(15-13-26)35(22-23-8-6-5-7-9-23)30(37)25-10-16-28(39-4)17-11-25/h5-11,16-17,24,26-27H,12-15,18-22H2,1-4H3,(H,33,36). The Morgan fingerprint density at radius 1 is 0.897 bits per heavy atom. The van der Waals surface area contributed by atoms with Gasteiger partial charge in [0.25, 0.3) is 5.91 Å². The molecule has 2 aromatic rings. The van der Waals surface area contributed by atoms with E-state index in [0.29, 0.717) is 38.0 Å². The van der Waals surface area contributed by atoms with Crippen molar-refractivity contribution in [1.82, 2.24) is 15.1 Å². The fourth-order valence-corrected chi connectivity index (χ4v) is 5.72. The maximum absolute atomic E-state index is 13.6. The lowest BCUT2D eigenvalue weighted by molar-refractivity contribution is -0.142. The summed E-state index contributed by atoms with van der Waals surface area (Å²) in [5, 5.41) is 3.29. The third-order valence-electron chi connectivity index (χ3n) is 8.07. The van der Waals surface area contributed by atoms with E-state index in [0.717, 1.165) is 37.0 Å². The first-order valence-electron chi connectivity index (χ1n) is 14.2. The molecule has 0 atom stereocenters. The SMILES string of the molecule is COc1ccc(C(=O)N(Cc2ccccc2)C2CCC(NC(=O)C3CCN(C(=O)C(C)(C)C)CC3)CC2)cc1. The molecule has 2 fully saturated rings. The number of hydrogen-bond donors (Lipinski definition) is 1. The lowest BCUT2D eigenvalue weighted by atomic mass is 9.88. The van der Waals surface area contributed by atoms with E-state index >= 15 is 0 Å². The minimum Gasteiger partial charge on any atom is -0.497 e. The van der Waals surface area contributed by atoms with Gasteiger partial charge in [-0.3, -0.25) is 14.4 Å². The first-order valence-corrected chi connectivity index (χ1v) is 14.2. The Balaban J connectivity index is 1.33. The van der Waals surface area contributed by atoms with Crippen molar-refractivity contribution in [2.24, 2.45) is 11.3 Å². The molecule has 210 valence electrons. The fraction of sp³-hybridized carbons (Fsp3) is 0.531. The lowest BCUT2D eigenvalue weighted by Gasteiger charge is -2.38. The van der Waals surface area contributed by atoms with Crippen molar-refractivity contribution < 1.29 is 19.1 Å². The molecule has 1 aliphatic heterocycles. The van der Waals surface area contributed by atoms with E-state index in [4.69, 9.17) is 4.74 Å². The van der Waals surface area contributed by atoms with Crippen molar-refractivity contribution in [1.29, 1.82) is 0 Å². The second-order valence-corrected chi connectivity index (χ2v) is 12.0. The van der Waals surface area contributed by atoms with Gasteiger partial charge in [0.2, 0.25) is 11.8 Å². The van der Waals surface area contributed by atoms with Crippen LogP contribution in [-0.2, 0) is 16.1 Å². The average Bonchev–Trinajstić information content (AvgIpc) is 2.96. The van der Waals surface area contributed by atoms with Crippen LogP contribution in [0.15, 0.2) is 54.6 Å². The van der Waals surface area contributed by atoms with E-state index < -0.39 is 5.41 Å². The number of ether oxygens (including phenoxy) is 1. The largest absolute Gasteiger partial charge is 0.497 e. The third kappa shape index (κ3) is 7.40. The maximum Gasteiger partial charge on any atom is 0.254 e. The molecule has 1 saturated heterocycles. The summed E-state index contributed by atoms with van der Waals surface area (Å²) in [7, 11) is 1.62. The van der Waals surface area contributed by atoms with Gasteiger partial charge in [0.15, 0.2) is 0 Å². The summed E-state index contributed by atoms with van der Waals surface area (Å²) in [6.45, 7) is 7.66. The summed E-state index contributed by atoms with van der Waals surface area (Å²) in [4.78, 5) is 43.2. The molecule has 1 saturated carbocycles. The number of nitrogens with zero attached hydrogens (tertiary/aromatic N) is 2. The Morgan fingerprint density at radius 2 is 1.51 bits per heavy atom. The molecule has 1 N–H and O–H groups in total. The molecule has 7 nitrogen and oxygen atoms in total. The number of nitrogens with one attached hydrogen (secondary N) is 1. The first-order chi connectivity index (χ1) is 18.7. The lowest BCUT2D eigenvalue weighted by Crippen LogP contribution is -2.49. The van der Waals surface area contributed by atoms with Gasteiger partial charge in [-0.1, -0.05) is 51.1 Å². The van der Waals surface area contributed by atoms with Crippen molar-refractivity contribution in [2.75, 3.05) is 20.2 Å². The van der Waals surface area contributed by atoms with Gasteiger partial charge in [-0.2, -0.15) is 0 Å². The molecule has 3 amide bonds. The van der Waals surface area contributed by atoms with Crippen LogP contribution < -0.4 is 10.1 Å². The molecule has 7 heteroatoms. The minimum atomic E-state index is -0.392. The van der Waals surface area contributed by atoms with Crippen molar-refractivity contribution >= 4 is 17.7 Å². The van der Waals surface area contributed by atoms with E-state index in [1.54, 1.807) is 7.11 Å². The summed E-state index contributed by atoms with van der Waals surface area (Å²) in [6.07, 6.45) is 4.81. The van der Waals surface area contributed by atoms with E-state index in [2.05, 4.69) is 17.4 Å². The average molecular weight is 534 g/mol. The molecule has 2 aromatic carbocycles. The molecule has 1 aliphatic carbocycles. The van der Waals surface area contributed by atoms with Gasteiger partial charge in [0, 0.05) is 48.6 Å². The van der Waals surface area contributed by atoms with E-state index in [9.17, 15) is 14.4 Å². The molecular weight excluding hydrogens is 490 g/mol. The molecule has 0 spiro atoms.